The van der Waals surface area contributed by atoms with Crippen LogP contribution in [-0.4, -0.2) is 76.3 Å². The molecule has 5 aliphatic carbocycles. The zero-order valence-corrected chi connectivity index (χ0v) is 38.3. The van der Waals surface area contributed by atoms with Gasteiger partial charge in [-0.15, -0.1) is 6.58 Å². The number of nitrogens with zero attached hydrogens (tertiary/aromatic N) is 1. The van der Waals surface area contributed by atoms with E-state index in [1.807, 2.05) is 32.1 Å². The highest BCUT2D eigenvalue weighted by Crippen LogP contribution is 2.77. The van der Waals surface area contributed by atoms with Crippen LogP contribution in [0.25, 0.3) is 5.57 Å². The Kier molecular flexibility index (Phi) is 17.6. The SMILES string of the molecule is C.C=CC.CCS(C)=O.CN1CCS(=O)CC1.COC(=O)c1ccc(C2=CC[C@]3(C)C4CC[C@@H]5[C@H]6CCC[C@]6(/C=C/C=O)CC[C@@]5(C)[C@]4(C)CC[C@H]3C2(C)C)cc1. The van der Waals surface area contributed by atoms with E-state index in [2.05, 4.69) is 77.4 Å². The minimum Gasteiger partial charge on any atom is -0.465 e. The Morgan fingerprint density at radius 2 is 1.56 bits per heavy atom. The minimum absolute atomic E-state index is 0. The van der Waals surface area contributed by atoms with Crippen molar-refractivity contribution >= 4 is 39.4 Å². The summed E-state index contributed by atoms with van der Waals surface area (Å²) in [4.78, 5) is 25.5. The largest absolute Gasteiger partial charge is 0.465 e. The average Bonchev–Trinajstić information content (AvgIpc) is 3.60. The molecule has 0 aromatic heterocycles. The highest BCUT2D eigenvalue weighted by molar-refractivity contribution is 7.85. The Hall–Kier alpha value is -2.16. The number of esters is 1. The van der Waals surface area contributed by atoms with Gasteiger partial charge in [0.25, 0.3) is 0 Å². The molecule has 322 valence electrons. The first kappa shape index (κ1) is 49.2. The van der Waals surface area contributed by atoms with Crippen LogP contribution in [-0.2, 0) is 31.1 Å². The molecule has 57 heavy (non-hydrogen) atoms. The molecule has 2 unspecified atom stereocenters. The first-order valence-corrected chi connectivity index (χ1v) is 24.6. The number of hydrogen-bond donors (Lipinski definition) is 0. The maximum Gasteiger partial charge on any atom is 0.337 e. The van der Waals surface area contributed by atoms with Crippen LogP contribution in [0.5, 0.6) is 0 Å². The minimum atomic E-state index is -0.573. The van der Waals surface area contributed by atoms with Crippen molar-refractivity contribution in [3.05, 3.63) is 66.3 Å². The van der Waals surface area contributed by atoms with Crippen molar-refractivity contribution in [3.63, 3.8) is 0 Å². The number of benzene rings is 1. The summed E-state index contributed by atoms with van der Waals surface area (Å²) < 4.78 is 25.5. The maximum atomic E-state index is 12.0. The van der Waals surface area contributed by atoms with Crippen molar-refractivity contribution < 1.29 is 22.7 Å². The maximum absolute atomic E-state index is 12.0. The van der Waals surface area contributed by atoms with Gasteiger partial charge in [0.1, 0.15) is 6.29 Å². The highest BCUT2D eigenvalue weighted by atomic mass is 32.2. The summed E-state index contributed by atoms with van der Waals surface area (Å²) in [5, 5.41) is 0. The molecular weight excluding hydrogens is 747 g/mol. The van der Waals surface area contributed by atoms with Crippen LogP contribution < -0.4 is 0 Å². The van der Waals surface area contributed by atoms with E-state index in [0.29, 0.717) is 27.7 Å². The van der Waals surface area contributed by atoms with E-state index in [4.69, 9.17) is 4.74 Å². The van der Waals surface area contributed by atoms with Gasteiger partial charge in [0.2, 0.25) is 0 Å². The van der Waals surface area contributed by atoms with Gasteiger partial charge in [0.15, 0.2) is 0 Å². The lowest BCUT2D eigenvalue weighted by atomic mass is 9.32. The fourth-order valence-corrected chi connectivity index (χ4v) is 14.1. The van der Waals surface area contributed by atoms with E-state index < -0.39 is 21.6 Å². The van der Waals surface area contributed by atoms with Gasteiger partial charge < -0.3 is 9.64 Å². The van der Waals surface area contributed by atoms with E-state index >= 15 is 0 Å². The van der Waals surface area contributed by atoms with Gasteiger partial charge in [-0.05, 0) is 152 Å². The van der Waals surface area contributed by atoms with Gasteiger partial charge in [-0.25, -0.2) is 4.79 Å². The number of hydrogen-bond acceptors (Lipinski definition) is 6. The summed E-state index contributed by atoms with van der Waals surface area (Å²) >= 11 is 0. The van der Waals surface area contributed by atoms with Gasteiger partial charge in [0, 0.05) is 58.2 Å². The molecule has 1 aliphatic heterocycles. The van der Waals surface area contributed by atoms with Gasteiger partial charge in [-0.2, -0.15) is 0 Å². The lowest BCUT2D eigenvalue weighted by Gasteiger charge is -2.72. The molecule has 6 aliphatic rings. The molecule has 7 rings (SSSR count). The first-order chi connectivity index (χ1) is 26.4. The van der Waals surface area contributed by atoms with Gasteiger partial charge >= 0.3 is 5.97 Å². The molecule has 6 nitrogen and oxygen atoms in total. The normalized spacial score (nSPS) is 35.8. The first-order valence-electron chi connectivity index (χ1n) is 21.4. The van der Waals surface area contributed by atoms with Crippen LogP contribution in [0, 0.1) is 50.7 Å². The van der Waals surface area contributed by atoms with E-state index in [9.17, 15) is 18.0 Å². The lowest BCUT2D eigenvalue weighted by Crippen LogP contribution is -2.64. The molecule has 1 aromatic carbocycles. The Labute approximate surface area is 353 Å². The Bertz CT molecular complexity index is 1620. The number of allylic oxidation sites excluding steroid dienone is 5. The Morgan fingerprint density at radius 1 is 0.947 bits per heavy atom. The molecule has 0 amide bonds. The number of rotatable bonds is 5. The molecular formula is C49H79NO5S2. The molecule has 1 aromatic rings. The Morgan fingerprint density at radius 3 is 2.11 bits per heavy atom. The number of carbonyl (C=O) groups excluding carboxylic acids is 2. The van der Waals surface area contributed by atoms with Crippen LogP contribution >= 0.6 is 0 Å². The third-order valence-electron chi connectivity index (χ3n) is 15.9. The van der Waals surface area contributed by atoms with Crippen LogP contribution in [0.2, 0.25) is 0 Å². The summed E-state index contributed by atoms with van der Waals surface area (Å²) in [7, 11) is 2.43. The second kappa shape index (κ2) is 20.4. The van der Waals surface area contributed by atoms with Crippen molar-refractivity contribution in [2.75, 3.05) is 50.8 Å². The number of carbonyl (C=O) groups is 2. The summed E-state index contributed by atoms with van der Waals surface area (Å²) in [5.74, 6) is 5.14. The molecule has 9 atom stereocenters. The smallest absolute Gasteiger partial charge is 0.337 e. The topological polar surface area (TPSA) is 80.8 Å². The number of fused-ring (bicyclic) bond motifs is 7. The molecule has 4 saturated carbocycles. The van der Waals surface area contributed by atoms with Crippen molar-refractivity contribution in [1.82, 2.24) is 4.90 Å². The van der Waals surface area contributed by atoms with E-state index in [1.54, 1.807) is 12.3 Å². The quantitative estimate of drug-likeness (QED) is 0.127. The lowest BCUT2D eigenvalue weighted by molar-refractivity contribution is -0.218. The molecule has 0 N–H and O–H groups in total. The molecule has 1 heterocycles. The summed E-state index contributed by atoms with van der Waals surface area (Å²) in [6.45, 7) is 22.2. The molecule has 1 saturated heterocycles. The van der Waals surface area contributed by atoms with Crippen molar-refractivity contribution in [1.29, 1.82) is 0 Å². The summed E-state index contributed by atoms with van der Waals surface area (Å²) in [6.07, 6.45) is 24.1. The van der Waals surface area contributed by atoms with Crippen molar-refractivity contribution in [2.45, 2.75) is 120 Å². The average molecular weight is 826 g/mol. The molecule has 0 bridgehead atoms. The Balaban J connectivity index is 0.000000431. The number of methoxy groups -OCH3 is 1. The number of aldehydes is 1. The molecule has 5 fully saturated rings. The molecule has 0 radical (unpaired) electrons. The van der Waals surface area contributed by atoms with Gasteiger partial charge in [-0.1, -0.05) is 85.8 Å². The van der Waals surface area contributed by atoms with Crippen LogP contribution in [0.15, 0.2) is 55.1 Å². The van der Waals surface area contributed by atoms with E-state index in [-0.39, 0.29) is 24.2 Å². The van der Waals surface area contributed by atoms with Crippen LogP contribution in [0.3, 0.4) is 0 Å². The second-order valence-electron chi connectivity index (χ2n) is 18.9. The van der Waals surface area contributed by atoms with Crippen LogP contribution in [0.4, 0.5) is 0 Å². The standard InChI is InChI=1S/C37H50O3.C5H11NOS.C3H8OS.C3H6.CH4/c1-33(2)27(25-10-12-26(13-11-25)32(39)40-6)16-20-34(3)30(33)17-21-36(5)31(34)15-14-28-29-9-7-18-37(29,19-8-24-38)23-22-35(28,36)4;1-6-2-4-8(7)5-3-6;1-3-5(2)4;1-3-2;/h8,10-13,16,19,24,28-31H,7,9,14-15,17-18,20-23H2,1-6H3;2-5H2,1H3;3H2,1-2H3;3H,1H2,2H3;1H4/b19-8+;;;;/t28-,29-,30+,31?,34+,35-,36-,37+;;;;/m1..../s1. The van der Waals surface area contributed by atoms with Crippen molar-refractivity contribution in [2.24, 2.45) is 50.7 Å². The number of ether oxygens (including phenoxy) is 1. The van der Waals surface area contributed by atoms with Gasteiger partial charge in [-0.3, -0.25) is 13.2 Å². The predicted octanol–water partition coefficient (Wildman–Crippen LogP) is 11.0. The third kappa shape index (κ3) is 9.91. The predicted molar refractivity (Wildman–Crippen MR) is 244 cm³/mol. The van der Waals surface area contributed by atoms with Gasteiger partial charge in [0.05, 0.1) is 12.7 Å². The zero-order valence-electron chi connectivity index (χ0n) is 36.6. The molecule has 8 heteroatoms. The van der Waals surface area contributed by atoms with Crippen molar-refractivity contribution in [3.8, 4) is 0 Å². The third-order valence-corrected chi connectivity index (χ3v) is 18.0. The van der Waals surface area contributed by atoms with E-state index in [1.165, 1.54) is 76.0 Å². The monoisotopic (exact) mass is 826 g/mol. The summed E-state index contributed by atoms with van der Waals surface area (Å²) in [6, 6.07) is 8.08. The molecule has 0 spiro atoms. The fraction of sp³-hybridized carbons (Fsp3) is 0.714. The van der Waals surface area contributed by atoms with E-state index in [0.717, 1.165) is 60.8 Å². The zero-order chi connectivity index (χ0) is 41.5. The highest BCUT2D eigenvalue weighted by Gasteiger charge is 2.69. The fourth-order valence-electron chi connectivity index (χ4n) is 12.9. The van der Waals surface area contributed by atoms with Crippen LogP contribution in [0.1, 0.15) is 136 Å². The second-order valence-corrected chi connectivity index (χ2v) is 22.3. The summed E-state index contributed by atoms with van der Waals surface area (Å²) in [5.41, 5.74) is 4.67.